The van der Waals surface area contributed by atoms with E-state index in [4.69, 9.17) is 5.73 Å². The molecule has 1 aliphatic carbocycles. The minimum Gasteiger partial charge on any atom is -0.369 e. The van der Waals surface area contributed by atoms with E-state index in [1.807, 2.05) is 0 Å². The maximum Gasteiger partial charge on any atom is 0.224 e. The Hall–Kier alpha value is -1.85. The molecule has 1 saturated carbocycles. The summed E-state index contributed by atoms with van der Waals surface area (Å²) in [6.07, 6.45) is 4.44. The summed E-state index contributed by atoms with van der Waals surface area (Å²) in [5.41, 5.74) is 6.33. The standard InChI is InChI=1S/C11H16N6/c1-6(7-2-3-7)4-13-9-8-5-14-17-10(8)16-11(12)15-9/h5-7H,2-4H2,1H3,(H4,12,13,14,15,16,17). The van der Waals surface area contributed by atoms with Gasteiger partial charge in [-0.1, -0.05) is 6.92 Å². The third-order valence-corrected chi connectivity index (χ3v) is 3.35. The van der Waals surface area contributed by atoms with Gasteiger partial charge in [-0.05, 0) is 24.7 Å². The number of nitrogens with one attached hydrogen (secondary N) is 2. The maximum atomic E-state index is 5.65. The van der Waals surface area contributed by atoms with E-state index in [9.17, 15) is 0 Å². The molecule has 1 unspecified atom stereocenters. The molecule has 90 valence electrons. The third kappa shape index (κ3) is 2.02. The molecule has 17 heavy (non-hydrogen) atoms. The molecule has 0 aromatic carbocycles. The average Bonchev–Trinajstić information content (AvgIpc) is 3.05. The van der Waals surface area contributed by atoms with E-state index in [1.165, 1.54) is 12.8 Å². The zero-order valence-corrected chi connectivity index (χ0v) is 9.77. The monoisotopic (exact) mass is 232 g/mol. The van der Waals surface area contributed by atoms with Crippen LogP contribution in [0.25, 0.3) is 11.0 Å². The largest absolute Gasteiger partial charge is 0.369 e. The van der Waals surface area contributed by atoms with E-state index in [0.29, 0.717) is 11.6 Å². The topological polar surface area (TPSA) is 92.5 Å². The van der Waals surface area contributed by atoms with Gasteiger partial charge in [0.1, 0.15) is 5.82 Å². The molecule has 0 bridgehead atoms. The lowest BCUT2D eigenvalue weighted by Crippen LogP contribution is -2.14. The van der Waals surface area contributed by atoms with E-state index in [-0.39, 0.29) is 5.95 Å². The van der Waals surface area contributed by atoms with Gasteiger partial charge < -0.3 is 11.1 Å². The van der Waals surface area contributed by atoms with Gasteiger partial charge >= 0.3 is 0 Å². The van der Waals surface area contributed by atoms with E-state index < -0.39 is 0 Å². The number of anilines is 2. The van der Waals surface area contributed by atoms with Crippen molar-refractivity contribution in [1.82, 2.24) is 20.2 Å². The first kappa shape index (κ1) is 10.3. The molecule has 0 saturated heterocycles. The van der Waals surface area contributed by atoms with Crippen molar-refractivity contribution in [2.24, 2.45) is 11.8 Å². The molecule has 0 amide bonds. The Balaban J connectivity index is 1.80. The van der Waals surface area contributed by atoms with Gasteiger partial charge in [0.15, 0.2) is 5.65 Å². The molecule has 3 rings (SSSR count). The first-order chi connectivity index (χ1) is 8.24. The van der Waals surface area contributed by atoms with Crippen molar-refractivity contribution in [3.05, 3.63) is 6.20 Å². The SMILES string of the molecule is CC(CNc1nc(N)nc2[nH]ncc12)C1CC1. The first-order valence-electron chi connectivity index (χ1n) is 5.94. The molecule has 0 radical (unpaired) electrons. The zero-order valence-electron chi connectivity index (χ0n) is 9.77. The van der Waals surface area contributed by atoms with Crippen molar-refractivity contribution in [2.75, 3.05) is 17.6 Å². The summed E-state index contributed by atoms with van der Waals surface area (Å²) in [6.45, 7) is 3.18. The molecular formula is C11H16N6. The zero-order chi connectivity index (χ0) is 11.8. The van der Waals surface area contributed by atoms with Crippen molar-refractivity contribution in [2.45, 2.75) is 19.8 Å². The summed E-state index contributed by atoms with van der Waals surface area (Å²) in [7, 11) is 0. The van der Waals surface area contributed by atoms with E-state index in [1.54, 1.807) is 6.20 Å². The molecule has 6 heteroatoms. The summed E-state index contributed by atoms with van der Waals surface area (Å²) in [5, 5.41) is 11.0. The number of aromatic nitrogens is 4. The Morgan fingerprint density at radius 1 is 1.53 bits per heavy atom. The number of nitrogens with zero attached hydrogens (tertiary/aromatic N) is 3. The van der Waals surface area contributed by atoms with Gasteiger partial charge in [-0.2, -0.15) is 15.1 Å². The number of aromatic amines is 1. The van der Waals surface area contributed by atoms with Crippen LogP contribution in [0.2, 0.25) is 0 Å². The van der Waals surface area contributed by atoms with Crippen molar-refractivity contribution >= 4 is 22.8 Å². The molecule has 0 aliphatic heterocycles. The lowest BCUT2D eigenvalue weighted by molar-refractivity contribution is 0.536. The fourth-order valence-electron chi connectivity index (χ4n) is 2.08. The maximum absolute atomic E-state index is 5.65. The summed E-state index contributed by atoms with van der Waals surface area (Å²) >= 11 is 0. The number of nitrogen functional groups attached to an aromatic ring is 1. The molecule has 1 aliphatic rings. The molecule has 4 N–H and O–H groups in total. The van der Waals surface area contributed by atoms with Gasteiger partial charge in [0.2, 0.25) is 5.95 Å². The van der Waals surface area contributed by atoms with Crippen LogP contribution < -0.4 is 11.1 Å². The smallest absolute Gasteiger partial charge is 0.224 e. The molecule has 0 spiro atoms. The minimum absolute atomic E-state index is 0.267. The number of hydrogen-bond acceptors (Lipinski definition) is 5. The number of H-pyrrole nitrogens is 1. The Kier molecular flexibility index (Phi) is 2.35. The van der Waals surface area contributed by atoms with Crippen LogP contribution in [0.3, 0.4) is 0 Å². The molecule has 1 fully saturated rings. The molecular weight excluding hydrogens is 216 g/mol. The van der Waals surface area contributed by atoms with Gasteiger partial charge in [0, 0.05) is 6.54 Å². The fraction of sp³-hybridized carbons (Fsp3) is 0.545. The van der Waals surface area contributed by atoms with Crippen molar-refractivity contribution in [3.63, 3.8) is 0 Å². The summed E-state index contributed by atoms with van der Waals surface area (Å²) < 4.78 is 0. The normalized spacial score (nSPS) is 17.2. The highest BCUT2D eigenvalue weighted by Crippen LogP contribution is 2.36. The van der Waals surface area contributed by atoms with Crippen LogP contribution >= 0.6 is 0 Å². The fourth-order valence-corrected chi connectivity index (χ4v) is 2.08. The van der Waals surface area contributed by atoms with Crippen LogP contribution in [0.5, 0.6) is 0 Å². The van der Waals surface area contributed by atoms with Crippen LogP contribution in [0.1, 0.15) is 19.8 Å². The van der Waals surface area contributed by atoms with Crippen molar-refractivity contribution in [1.29, 1.82) is 0 Å². The number of fused-ring (bicyclic) bond motifs is 1. The summed E-state index contributed by atoms with van der Waals surface area (Å²) in [5.74, 6) is 2.59. The Bertz CT molecular complexity index is 530. The number of hydrogen-bond donors (Lipinski definition) is 3. The van der Waals surface area contributed by atoms with Gasteiger partial charge in [0.25, 0.3) is 0 Å². The number of rotatable bonds is 4. The molecule has 2 aromatic heterocycles. The number of nitrogens with two attached hydrogens (primary N) is 1. The van der Waals surface area contributed by atoms with E-state index in [2.05, 4.69) is 32.4 Å². The van der Waals surface area contributed by atoms with Crippen LogP contribution in [0.15, 0.2) is 6.20 Å². The van der Waals surface area contributed by atoms with Gasteiger partial charge in [-0.25, -0.2) is 0 Å². The Labute approximate surface area is 99.0 Å². The molecule has 2 aromatic rings. The molecule has 1 atom stereocenters. The predicted octanol–water partition coefficient (Wildman–Crippen LogP) is 1.39. The summed E-state index contributed by atoms with van der Waals surface area (Å²) in [6, 6.07) is 0. The van der Waals surface area contributed by atoms with E-state index >= 15 is 0 Å². The summed E-state index contributed by atoms with van der Waals surface area (Å²) in [4.78, 5) is 8.30. The lowest BCUT2D eigenvalue weighted by atomic mass is 10.1. The Morgan fingerprint density at radius 2 is 2.35 bits per heavy atom. The van der Waals surface area contributed by atoms with Gasteiger partial charge in [0.05, 0.1) is 11.6 Å². The second-order valence-electron chi connectivity index (χ2n) is 4.76. The second-order valence-corrected chi connectivity index (χ2v) is 4.76. The van der Waals surface area contributed by atoms with Crippen LogP contribution in [0.4, 0.5) is 11.8 Å². The Morgan fingerprint density at radius 3 is 3.12 bits per heavy atom. The van der Waals surface area contributed by atoms with Crippen LogP contribution in [-0.4, -0.2) is 26.7 Å². The minimum atomic E-state index is 0.267. The van der Waals surface area contributed by atoms with E-state index in [0.717, 1.165) is 23.7 Å². The first-order valence-corrected chi connectivity index (χ1v) is 5.94. The second kappa shape index (κ2) is 3.87. The van der Waals surface area contributed by atoms with Crippen LogP contribution in [-0.2, 0) is 0 Å². The quantitative estimate of drug-likeness (QED) is 0.740. The lowest BCUT2D eigenvalue weighted by Gasteiger charge is -2.12. The van der Waals surface area contributed by atoms with Gasteiger partial charge in [-0.15, -0.1) is 0 Å². The van der Waals surface area contributed by atoms with Crippen molar-refractivity contribution in [3.8, 4) is 0 Å². The molecule has 6 nitrogen and oxygen atoms in total. The van der Waals surface area contributed by atoms with Gasteiger partial charge in [-0.3, -0.25) is 5.10 Å². The average molecular weight is 232 g/mol. The highest BCUT2D eigenvalue weighted by Gasteiger charge is 2.27. The highest BCUT2D eigenvalue weighted by molar-refractivity contribution is 5.86. The van der Waals surface area contributed by atoms with Crippen molar-refractivity contribution < 1.29 is 0 Å². The molecule has 2 heterocycles. The predicted molar refractivity (Wildman–Crippen MR) is 66.5 cm³/mol. The highest BCUT2D eigenvalue weighted by atomic mass is 15.2. The third-order valence-electron chi connectivity index (χ3n) is 3.35. The van der Waals surface area contributed by atoms with Crippen LogP contribution in [0, 0.1) is 11.8 Å².